The van der Waals surface area contributed by atoms with Crippen LogP contribution in [0.3, 0.4) is 0 Å². The summed E-state index contributed by atoms with van der Waals surface area (Å²) in [6.45, 7) is 0.652. The quantitative estimate of drug-likeness (QED) is 0.868. The predicted molar refractivity (Wildman–Crippen MR) is 78.5 cm³/mol. The summed E-state index contributed by atoms with van der Waals surface area (Å²) in [5.74, 6) is 0.825. The Labute approximate surface area is 123 Å². The number of hydrogen-bond acceptors (Lipinski definition) is 3. The van der Waals surface area contributed by atoms with Crippen LogP contribution in [0, 0.1) is 11.3 Å². The molecule has 1 aromatic heterocycles. The van der Waals surface area contributed by atoms with E-state index in [-0.39, 0.29) is 5.78 Å². The number of nitrogens with zero attached hydrogens (tertiary/aromatic N) is 2. The Morgan fingerprint density at radius 2 is 2.19 bits per heavy atom. The highest BCUT2D eigenvalue weighted by Gasteiger charge is 2.19. The van der Waals surface area contributed by atoms with Gasteiger partial charge in [0, 0.05) is 30.9 Å². The first-order valence-electron chi connectivity index (χ1n) is 7.00. The number of methoxy groups -OCH3 is 1. The maximum atomic E-state index is 11.9. The van der Waals surface area contributed by atoms with Crippen LogP contribution in [0.1, 0.15) is 39.9 Å². The van der Waals surface area contributed by atoms with E-state index in [0.717, 1.165) is 29.5 Å². The van der Waals surface area contributed by atoms with Gasteiger partial charge in [-0.2, -0.15) is 5.26 Å². The van der Waals surface area contributed by atoms with E-state index in [1.165, 1.54) is 0 Å². The highest BCUT2D eigenvalue weighted by atomic mass is 16.5. The van der Waals surface area contributed by atoms with Crippen LogP contribution in [0.15, 0.2) is 30.6 Å². The molecule has 0 saturated carbocycles. The van der Waals surface area contributed by atoms with Gasteiger partial charge in [0.25, 0.3) is 0 Å². The molecule has 0 fully saturated rings. The molecule has 0 amide bonds. The molecule has 0 spiro atoms. The van der Waals surface area contributed by atoms with E-state index in [1.807, 2.05) is 35.2 Å². The lowest BCUT2D eigenvalue weighted by Gasteiger charge is -2.07. The van der Waals surface area contributed by atoms with Crippen molar-refractivity contribution >= 4 is 5.78 Å². The number of hydrogen-bond donors (Lipinski definition) is 0. The molecule has 1 aliphatic rings. The second kappa shape index (κ2) is 5.45. The van der Waals surface area contributed by atoms with Gasteiger partial charge in [-0.05, 0) is 36.1 Å². The summed E-state index contributed by atoms with van der Waals surface area (Å²) in [6, 6.07) is 7.73. The highest BCUT2D eigenvalue weighted by molar-refractivity contribution is 5.98. The van der Waals surface area contributed by atoms with E-state index in [4.69, 9.17) is 10.00 Å². The summed E-state index contributed by atoms with van der Waals surface area (Å²) >= 11 is 0. The number of nitriles is 1. The zero-order chi connectivity index (χ0) is 14.8. The van der Waals surface area contributed by atoms with E-state index in [0.29, 0.717) is 24.3 Å². The Hall–Kier alpha value is -2.54. The fourth-order valence-corrected chi connectivity index (χ4v) is 2.82. The van der Waals surface area contributed by atoms with Gasteiger partial charge in [-0.1, -0.05) is 6.07 Å². The monoisotopic (exact) mass is 280 g/mol. The van der Waals surface area contributed by atoms with Crippen molar-refractivity contribution in [1.29, 1.82) is 5.26 Å². The van der Waals surface area contributed by atoms with Crippen molar-refractivity contribution in [1.82, 2.24) is 4.57 Å². The van der Waals surface area contributed by atoms with Gasteiger partial charge in [0.15, 0.2) is 5.78 Å². The first-order chi connectivity index (χ1) is 10.2. The van der Waals surface area contributed by atoms with Gasteiger partial charge in [0.2, 0.25) is 0 Å². The Kier molecular flexibility index (Phi) is 3.49. The molecule has 0 unspecified atom stereocenters. The summed E-state index contributed by atoms with van der Waals surface area (Å²) in [6.07, 6.45) is 6.53. The van der Waals surface area contributed by atoms with E-state index < -0.39 is 0 Å². The van der Waals surface area contributed by atoms with E-state index >= 15 is 0 Å². The Morgan fingerprint density at radius 3 is 2.90 bits per heavy atom. The van der Waals surface area contributed by atoms with Gasteiger partial charge >= 0.3 is 0 Å². The van der Waals surface area contributed by atoms with E-state index in [9.17, 15) is 4.79 Å². The van der Waals surface area contributed by atoms with Crippen LogP contribution in [0.5, 0.6) is 5.75 Å². The minimum absolute atomic E-state index is 0.238. The number of aromatic nitrogens is 1. The molecule has 4 heteroatoms. The lowest BCUT2D eigenvalue weighted by molar-refractivity contribution is 0.0973. The SMILES string of the molecule is COc1ccc(Cn2cc3c(c2)C(=O)CCC3)cc1C#N. The molecular weight excluding hydrogens is 264 g/mol. The highest BCUT2D eigenvalue weighted by Crippen LogP contribution is 2.24. The van der Waals surface area contributed by atoms with E-state index in [1.54, 1.807) is 7.11 Å². The Bertz CT molecular complexity index is 738. The fourth-order valence-electron chi connectivity index (χ4n) is 2.82. The molecule has 0 aliphatic heterocycles. The van der Waals surface area contributed by atoms with Crippen molar-refractivity contribution in [3.8, 4) is 11.8 Å². The Balaban J connectivity index is 1.87. The van der Waals surface area contributed by atoms with Gasteiger partial charge < -0.3 is 9.30 Å². The number of carbonyl (C=O) groups is 1. The molecule has 1 aliphatic carbocycles. The molecule has 3 rings (SSSR count). The van der Waals surface area contributed by atoms with E-state index in [2.05, 4.69) is 6.07 Å². The standard InChI is InChI=1S/C17H16N2O2/c1-21-17-6-5-12(7-14(17)8-18)9-19-10-13-3-2-4-16(20)15(13)11-19/h5-7,10-11H,2-4,9H2,1H3. The summed E-state index contributed by atoms with van der Waals surface area (Å²) < 4.78 is 7.17. The summed E-state index contributed by atoms with van der Waals surface area (Å²) in [7, 11) is 1.56. The van der Waals surface area contributed by atoms with Gasteiger partial charge in [-0.15, -0.1) is 0 Å². The van der Waals surface area contributed by atoms with Crippen molar-refractivity contribution < 1.29 is 9.53 Å². The van der Waals surface area contributed by atoms with Crippen LogP contribution >= 0.6 is 0 Å². The molecule has 1 heterocycles. The summed E-state index contributed by atoms with van der Waals surface area (Å²) in [5, 5.41) is 9.13. The van der Waals surface area contributed by atoms with Gasteiger partial charge in [-0.3, -0.25) is 4.79 Å². The van der Waals surface area contributed by atoms with Gasteiger partial charge in [0.05, 0.1) is 12.7 Å². The molecule has 0 atom stereocenters. The fraction of sp³-hybridized carbons (Fsp3) is 0.294. The summed E-state index contributed by atoms with van der Waals surface area (Å²) in [5.41, 5.74) is 3.55. The second-order valence-electron chi connectivity index (χ2n) is 5.29. The summed E-state index contributed by atoms with van der Waals surface area (Å²) in [4.78, 5) is 11.9. The van der Waals surface area contributed by atoms with Gasteiger partial charge in [0.1, 0.15) is 11.8 Å². The first-order valence-corrected chi connectivity index (χ1v) is 7.00. The van der Waals surface area contributed by atoms with Crippen molar-refractivity contribution in [2.45, 2.75) is 25.8 Å². The molecular formula is C17H16N2O2. The molecule has 1 aromatic carbocycles. The Morgan fingerprint density at radius 1 is 1.33 bits per heavy atom. The average Bonchev–Trinajstić information content (AvgIpc) is 2.91. The maximum Gasteiger partial charge on any atom is 0.164 e. The van der Waals surface area contributed by atoms with Crippen molar-refractivity contribution in [3.05, 3.63) is 52.8 Å². The molecule has 0 bridgehead atoms. The number of Topliss-reactive ketones (excluding diaryl/α,β-unsaturated/α-hetero) is 1. The molecule has 4 nitrogen and oxygen atoms in total. The molecule has 2 aromatic rings. The number of rotatable bonds is 3. The van der Waals surface area contributed by atoms with Crippen LogP contribution in [0.25, 0.3) is 0 Å². The van der Waals surface area contributed by atoms with Crippen molar-refractivity contribution in [2.75, 3.05) is 7.11 Å². The van der Waals surface area contributed by atoms with Crippen molar-refractivity contribution in [2.24, 2.45) is 0 Å². The molecule has 0 radical (unpaired) electrons. The van der Waals surface area contributed by atoms with Crippen LogP contribution in [-0.2, 0) is 13.0 Å². The topological polar surface area (TPSA) is 55.0 Å². The third-order valence-corrected chi connectivity index (χ3v) is 3.86. The minimum atomic E-state index is 0.238. The number of benzene rings is 1. The maximum absolute atomic E-state index is 11.9. The number of aryl methyl sites for hydroxylation is 1. The molecule has 106 valence electrons. The molecule has 0 N–H and O–H groups in total. The largest absolute Gasteiger partial charge is 0.495 e. The second-order valence-corrected chi connectivity index (χ2v) is 5.29. The average molecular weight is 280 g/mol. The lowest BCUT2D eigenvalue weighted by atomic mass is 9.95. The van der Waals surface area contributed by atoms with Crippen LogP contribution in [0.2, 0.25) is 0 Å². The number of ether oxygens (including phenoxy) is 1. The first kappa shape index (κ1) is 13.4. The number of ketones is 1. The molecule has 21 heavy (non-hydrogen) atoms. The van der Waals surface area contributed by atoms with Gasteiger partial charge in [-0.25, -0.2) is 0 Å². The zero-order valence-corrected chi connectivity index (χ0v) is 11.9. The number of fused-ring (bicyclic) bond motifs is 1. The van der Waals surface area contributed by atoms with Crippen LogP contribution in [-0.4, -0.2) is 17.5 Å². The molecule has 0 saturated heterocycles. The number of carbonyl (C=O) groups excluding carboxylic acids is 1. The lowest BCUT2D eigenvalue weighted by Crippen LogP contribution is -2.07. The third kappa shape index (κ3) is 2.55. The predicted octanol–water partition coefficient (Wildman–Crippen LogP) is 2.94. The zero-order valence-electron chi connectivity index (χ0n) is 11.9. The van der Waals surface area contributed by atoms with Crippen molar-refractivity contribution in [3.63, 3.8) is 0 Å². The van der Waals surface area contributed by atoms with Crippen LogP contribution in [0.4, 0.5) is 0 Å². The third-order valence-electron chi connectivity index (χ3n) is 3.86. The van der Waals surface area contributed by atoms with Crippen LogP contribution < -0.4 is 4.74 Å². The smallest absolute Gasteiger partial charge is 0.164 e. The minimum Gasteiger partial charge on any atom is -0.495 e. The normalized spacial score (nSPS) is 13.6.